The maximum absolute atomic E-state index is 6.80. The minimum atomic E-state index is -0.0565. The standard InChI is InChI=1S/C18H35NO2/c1-4-6-8-12-16-20-18(14-10-11-15-19-3)21-17-13-9-7-5-2/h18H,4-17H2,1-2H3. The number of hydrogen-bond acceptors (Lipinski definition) is 2. The van der Waals surface area contributed by atoms with Crippen molar-refractivity contribution in [3.63, 3.8) is 0 Å². The first-order valence-corrected chi connectivity index (χ1v) is 8.91. The van der Waals surface area contributed by atoms with Crippen molar-refractivity contribution >= 4 is 0 Å². The molecule has 0 aromatic rings. The van der Waals surface area contributed by atoms with Gasteiger partial charge in [0.1, 0.15) is 0 Å². The smallest absolute Gasteiger partial charge is 0.214 e. The second-order valence-corrected chi connectivity index (χ2v) is 5.67. The predicted molar refractivity (Wildman–Crippen MR) is 89.3 cm³/mol. The zero-order chi connectivity index (χ0) is 15.6. The molecular weight excluding hydrogens is 262 g/mol. The van der Waals surface area contributed by atoms with Gasteiger partial charge in [0.2, 0.25) is 6.54 Å². The van der Waals surface area contributed by atoms with Crippen molar-refractivity contribution < 1.29 is 9.47 Å². The molecule has 21 heavy (non-hydrogen) atoms. The summed E-state index contributed by atoms with van der Waals surface area (Å²) in [6, 6.07) is 0. The van der Waals surface area contributed by atoms with Crippen molar-refractivity contribution in [2.45, 2.75) is 90.8 Å². The Balaban J connectivity index is 3.72. The van der Waals surface area contributed by atoms with E-state index in [1.807, 2.05) is 0 Å². The van der Waals surface area contributed by atoms with Crippen LogP contribution in [0.3, 0.4) is 0 Å². The molecule has 0 radical (unpaired) electrons. The third-order valence-corrected chi connectivity index (χ3v) is 3.56. The fraction of sp³-hybridized carbons (Fsp3) is 0.944. The molecule has 0 saturated heterocycles. The Morgan fingerprint density at radius 1 is 0.762 bits per heavy atom. The maximum atomic E-state index is 6.80. The molecule has 0 aliphatic heterocycles. The van der Waals surface area contributed by atoms with E-state index < -0.39 is 0 Å². The number of unbranched alkanes of at least 4 members (excludes halogenated alkanes) is 7. The Hall–Kier alpha value is -0.590. The lowest BCUT2D eigenvalue weighted by molar-refractivity contribution is -0.147. The Morgan fingerprint density at radius 3 is 1.81 bits per heavy atom. The molecule has 0 aromatic carbocycles. The van der Waals surface area contributed by atoms with Crippen molar-refractivity contribution in [2.24, 2.45) is 0 Å². The zero-order valence-electron chi connectivity index (χ0n) is 14.2. The van der Waals surface area contributed by atoms with Crippen LogP contribution in [0.1, 0.15) is 84.5 Å². The number of ether oxygens (including phenoxy) is 2. The van der Waals surface area contributed by atoms with Gasteiger partial charge in [0.25, 0.3) is 0 Å². The van der Waals surface area contributed by atoms with Crippen molar-refractivity contribution in [1.29, 1.82) is 0 Å². The van der Waals surface area contributed by atoms with Crippen LogP contribution in [0.4, 0.5) is 0 Å². The third-order valence-electron chi connectivity index (χ3n) is 3.56. The maximum Gasteiger partial charge on any atom is 0.214 e. The molecule has 124 valence electrons. The summed E-state index contributed by atoms with van der Waals surface area (Å²) in [5.41, 5.74) is 0. The average molecular weight is 297 g/mol. The fourth-order valence-corrected chi connectivity index (χ4v) is 2.20. The van der Waals surface area contributed by atoms with E-state index in [0.717, 1.165) is 45.3 Å². The zero-order valence-corrected chi connectivity index (χ0v) is 14.2. The van der Waals surface area contributed by atoms with Gasteiger partial charge in [0.15, 0.2) is 6.29 Å². The quantitative estimate of drug-likeness (QED) is 0.210. The largest absolute Gasteiger partial charge is 0.353 e. The topological polar surface area (TPSA) is 22.8 Å². The van der Waals surface area contributed by atoms with Gasteiger partial charge in [-0.1, -0.05) is 52.4 Å². The van der Waals surface area contributed by atoms with Crippen molar-refractivity contribution in [1.82, 2.24) is 0 Å². The van der Waals surface area contributed by atoms with E-state index in [4.69, 9.17) is 16.0 Å². The fourth-order valence-electron chi connectivity index (χ4n) is 2.20. The number of nitrogens with zero attached hydrogens (tertiary/aromatic N) is 1. The third kappa shape index (κ3) is 15.6. The second kappa shape index (κ2) is 17.5. The summed E-state index contributed by atoms with van der Waals surface area (Å²) in [7, 11) is 0. The SMILES string of the molecule is [C-]#[N+]CCCCC(OCCCCCC)OCCCCCC. The van der Waals surface area contributed by atoms with Gasteiger partial charge in [-0.05, 0) is 25.7 Å². The minimum absolute atomic E-state index is 0.0565. The summed E-state index contributed by atoms with van der Waals surface area (Å²) in [5.74, 6) is 0. The first-order chi connectivity index (χ1) is 10.3. The molecule has 0 heterocycles. The normalized spacial score (nSPS) is 11.0. The molecule has 0 saturated carbocycles. The lowest BCUT2D eigenvalue weighted by atomic mass is 10.2. The molecule has 0 fully saturated rings. The summed E-state index contributed by atoms with van der Waals surface area (Å²) in [6.45, 7) is 13.5. The first kappa shape index (κ1) is 20.4. The highest BCUT2D eigenvalue weighted by atomic mass is 16.7. The summed E-state index contributed by atoms with van der Waals surface area (Å²) in [6.07, 6.45) is 12.7. The lowest BCUT2D eigenvalue weighted by Gasteiger charge is -2.18. The van der Waals surface area contributed by atoms with E-state index in [-0.39, 0.29) is 6.29 Å². The molecule has 0 unspecified atom stereocenters. The van der Waals surface area contributed by atoms with Crippen LogP contribution < -0.4 is 0 Å². The highest BCUT2D eigenvalue weighted by Gasteiger charge is 2.09. The Bertz CT molecular complexity index is 224. The van der Waals surface area contributed by atoms with E-state index in [2.05, 4.69) is 18.7 Å². The van der Waals surface area contributed by atoms with Crippen LogP contribution in [0.2, 0.25) is 0 Å². The van der Waals surface area contributed by atoms with Crippen LogP contribution in [-0.2, 0) is 9.47 Å². The molecule has 0 bridgehead atoms. The van der Waals surface area contributed by atoms with Crippen molar-refractivity contribution in [2.75, 3.05) is 19.8 Å². The molecule has 0 aliphatic rings. The average Bonchev–Trinajstić information content (AvgIpc) is 2.50. The summed E-state index contributed by atoms with van der Waals surface area (Å²) < 4.78 is 11.8. The van der Waals surface area contributed by atoms with Gasteiger partial charge < -0.3 is 14.3 Å². The van der Waals surface area contributed by atoms with E-state index in [1.165, 1.54) is 38.5 Å². The summed E-state index contributed by atoms with van der Waals surface area (Å²) >= 11 is 0. The van der Waals surface area contributed by atoms with Gasteiger partial charge in [-0.2, -0.15) is 0 Å². The summed E-state index contributed by atoms with van der Waals surface area (Å²) in [4.78, 5) is 3.39. The molecule has 3 nitrogen and oxygen atoms in total. The first-order valence-electron chi connectivity index (χ1n) is 8.91. The van der Waals surface area contributed by atoms with Crippen LogP contribution in [0.5, 0.6) is 0 Å². The van der Waals surface area contributed by atoms with Crippen LogP contribution in [-0.4, -0.2) is 26.0 Å². The Labute approximate surface area is 132 Å². The number of rotatable bonds is 16. The van der Waals surface area contributed by atoms with Crippen molar-refractivity contribution in [3.8, 4) is 0 Å². The molecular formula is C18H35NO2. The van der Waals surface area contributed by atoms with E-state index in [0.29, 0.717) is 6.54 Å². The monoisotopic (exact) mass is 297 g/mol. The molecule has 0 amide bonds. The molecule has 0 atom stereocenters. The molecule has 0 spiro atoms. The summed E-state index contributed by atoms with van der Waals surface area (Å²) in [5, 5.41) is 0. The van der Waals surface area contributed by atoms with Gasteiger partial charge >= 0.3 is 0 Å². The second-order valence-electron chi connectivity index (χ2n) is 5.67. The minimum Gasteiger partial charge on any atom is -0.353 e. The predicted octanol–water partition coefficient (Wildman–Crippen LogP) is 5.60. The Kier molecular flexibility index (Phi) is 17.0. The van der Waals surface area contributed by atoms with Gasteiger partial charge in [0.05, 0.1) is 0 Å². The lowest BCUT2D eigenvalue weighted by Crippen LogP contribution is -2.19. The highest BCUT2D eigenvalue weighted by Crippen LogP contribution is 2.10. The molecule has 3 heteroatoms. The number of hydrogen-bond donors (Lipinski definition) is 0. The van der Waals surface area contributed by atoms with Crippen LogP contribution >= 0.6 is 0 Å². The van der Waals surface area contributed by atoms with Gasteiger partial charge in [0, 0.05) is 19.6 Å². The van der Waals surface area contributed by atoms with E-state index in [1.54, 1.807) is 0 Å². The highest BCUT2D eigenvalue weighted by molar-refractivity contribution is 4.59. The molecule has 0 rings (SSSR count). The van der Waals surface area contributed by atoms with Crippen LogP contribution in [0.25, 0.3) is 4.85 Å². The van der Waals surface area contributed by atoms with Crippen molar-refractivity contribution in [3.05, 3.63) is 11.4 Å². The van der Waals surface area contributed by atoms with Gasteiger partial charge in [-0.25, -0.2) is 6.57 Å². The van der Waals surface area contributed by atoms with Gasteiger partial charge in [-0.15, -0.1) is 0 Å². The molecule has 0 aliphatic carbocycles. The molecule has 0 aromatic heterocycles. The molecule has 0 N–H and O–H groups in total. The van der Waals surface area contributed by atoms with Crippen LogP contribution in [0, 0.1) is 6.57 Å². The van der Waals surface area contributed by atoms with E-state index >= 15 is 0 Å². The van der Waals surface area contributed by atoms with Crippen LogP contribution in [0.15, 0.2) is 0 Å². The Morgan fingerprint density at radius 2 is 1.33 bits per heavy atom. The van der Waals surface area contributed by atoms with E-state index in [9.17, 15) is 0 Å². The van der Waals surface area contributed by atoms with Gasteiger partial charge in [-0.3, -0.25) is 0 Å².